The summed E-state index contributed by atoms with van der Waals surface area (Å²) in [5.41, 5.74) is 6.05. The number of rotatable bonds is 3. The van der Waals surface area contributed by atoms with Crippen molar-refractivity contribution in [2.24, 2.45) is 0 Å². The van der Waals surface area contributed by atoms with Crippen LogP contribution in [0.15, 0.2) is 23.1 Å². The van der Waals surface area contributed by atoms with E-state index in [1.165, 1.54) is 7.11 Å². The minimum atomic E-state index is -1.21. The van der Waals surface area contributed by atoms with Gasteiger partial charge in [-0.1, -0.05) is 11.6 Å². The van der Waals surface area contributed by atoms with Crippen LogP contribution in [-0.2, 0) is 15.5 Å². The number of benzene rings is 1. The third-order valence-corrected chi connectivity index (χ3v) is 2.99. The molecule has 0 bridgehead atoms. The fraction of sp³-hybridized carbons (Fsp3) is 0.250. The Morgan fingerprint density at radius 3 is 2.85 bits per heavy atom. The normalized spacial score (nSPS) is 12.8. The molecule has 1 aromatic carbocycles. The van der Waals surface area contributed by atoms with Gasteiger partial charge < -0.3 is 10.5 Å². The van der Waals surface area contributed by atoms with Crippen LogP contribution >= 0.6 is 11.6 Å². The van der Waals surface area contributed by atoms with Crippen LogP contribution in [0.5, 0.6) is 0 Å². The summed E-state index contributed by atoms with van der Waals surface area (Å²) in [6.07, 6.45) is 0. The molecule has 0 aliphatic carbocycles. The zero-order chi connectivity index (χ0) is 9.84. The van der Waals surface area contributed by atoms with Gasteiger partial charge in [-0.3, -0.25) is 4.21 Å². The third kappa shape index (κ3) is 2.69. The van der Waals surface area contributed by atoms with Gasteiger partial charge in [0.15, 0.2) is 0 Å². The van der Waals surface area contributed by atoms with Gasteiger partial charge in [-0.05, 0) is 18.2 Å². The monoisotopic (exact) mass is 219 g/mol. The quantitative estimate of drug-likeness (QED) is 0.787. The lowest BCUT2D eigenvalue weighted by atomic mass is 10.3. The zero-order valence-electron chi connectivity index (χ0n) is 7.12. The van der Waals surface area contributed by atoms with Crippen molar-refractivity contribution in [2.45, 2.75) is 4.90 Å². The molecule has 5 heteroatoms. The number of hydrogen-bond donors (Lipinski definition) is 1. The molecule has 3 nitrogen and oxygen atoms in total. The van der Waals surface area contributed by atoms with Crippen molar-refractivity contribution < 1.29 is 8.95 Å². The topological polar surface area (TPSA) is 52.3 Å². The van der Waals surface area contributed by atoms with Gasteiger partial charge >= 0.3 is 0 Å². The van der Waals surface area contributed by atoms with E-state index in [-0.39, 0.29) is 5.94 Å². The van der Waals surface area contributed by atoms with Crippen molar-refractivity contribution in [3.8, 4) is 0 Å². The van der Waals surface area contributed by atoms with Crippen molar-refractivity contribution in [1.29, 1.82) is 0 Å². The van der Waals surface area contributed by atoms with Gasteiger partial charge in [-0.15, -0.1) is 0 Å². The lowest BCUT2D eigenvalue weighted by Crippen LogP contribution is -2.03. The van der Waals surface area contributed by atoms with E-state index >= 15 is 0 Å². The lowest BCUT2D eigenvalue weighted by Gasteiger charge is -2.04. The van der Waals surface area contributed by atoms with E-state index in [9.17, 15) is 4.21 Å². The molecule has 0 aliphatic rings. The second kappa shape index (κ2) is 4.60. The van der Waals surface area contributed by atoms with Gasteiger partial charge in [0.1, 0.15) is 5.94 Å². The summed E-state index contributed by atoms with van der Waals surface area (Å²) in [5.74, 6) is 0.145. The first-order valence-corrected chi connectivity index (χ1v) is 5.27. The summed E-state index contributed by atoms with van der Waals surface area (Å²) in [4.78, 5) is 0.561. The molecule has 0 heterocycles. The molecule has 1 aromatic rings. The molecule has 2 N–H and O–H groups in total. The van der Waals surface area contributed by atoms with E-state index in [4.69, 9.17) is 22.1 Å². The maximum atomic E-state index is 11.4. The van der Waals surface area contributed by atoms with E-state index in [2.05, 4.69) is 0 Å². The summed E-state index contributed by atoms with van der Waals surface area (Å²) < 4.78 is 16.2. The second-order valence-electron chi connectivity index (χ2n) is 2.43. The standard InChI is InChI=1S/C8H10ClNO2S/c1-12-5-13(11)8-3-2-6(9)4-7(8)10/h2-4H,5,10H2,1H3. The smallest absolute Gasteiger partial charge is 0.126 e. The molecule has 72 valence electrons. The number of methoxy groups -OCH3 is 1. The van der Waals surface area contributed by atoms with Crippen molar-refractivity contribution in [3.05, 3.63) is 23.2 Å². The third-order valence-electron chi connectivity index (χ3n) is 1.44. The van der Waals surface area contributed by atoms with E-state index in [0.29, 0.717) is 15.6 Å². The molecular weight excluding hydrogens is 210 g/mol. The summed E-state index contributed by atoms with van der Waals surface area (Å²) in [5, 5.41) is 0.538. The lowest BCUT2D eigenvalue weighted by molar-refractivity contribution is 0.254. The molecule has 1 atom stereocenters. The summed E-state index contributed by atoms with van der Waals surface area (Å²) >= 11 is 5.69. The predicted octanol–water partition coefficient (Wildman–Crippen LogP) is 1.63. The van der Waals surface area contributed by atoms with Gasteiger partial charge in [-0.25, -0.2) is 0 Å². The Morgan fingerprint density at radius 2 is 2.31 bits per heavy atom. The highest BCUT2D eigenvalue weighted by atomic mass is 35.5. The maximum Gasteiger partial charge on any atom is 0.126 e. The molecule has 0 radical (unpaired) electrons. The molecule has 1 rings (SSSR count). The number of ether oxygens (including phenoxy) is 1. The second-order valence-corrected chi connectivity index (χ2v) is 4.24. The first-order valence-electron chi connectivity index (χ1n) is 3.57. The Kier molecular flexibility index (Phi) is 3.71. The number of hydrogen-bond acceptors (Lipinski definition) is 3. The Labute approximate surface area is 84.3 Å². The van der Waals surface area contributed by atoms with E-state index in [0.717, 1.165) is 0 Å². The van der Waals surface area contributed by atoms with Crippen LogP contribution in [0.3, 0.4) is 0 Å². The first kappa shape index (κ1) is 10.5. The van der Waals surface area contributed by atoms with Crippen LogP contribution in [0, 0.1) is 0 Å². The van der Waals surface area contributed by atoms with Crippen LogP contribution in [0.25, 0.3) is 0 Å². The first-order chi connectivity index (χ1) is 6.15. The van der Waals surface area contributed by atoms with E-state index in [1.807, 2.05) is 0 Å². The van der Waals surface area contributed by atoms with Crippen molar-refractivity contribution >= 4 is 28.1 Å². The fourth-order valence-electron chi connectivity index (χ4n) is 0.897. The summed E-state index contributed by atoms with van der Waals surface area (Å²) in [6.45, 7) is 0. The maximum absolute atomic E-state index is 11.4. The molecule has 0 aliphatic heterocycles. The van der Waals surface area contributed by atoms with Crippen molar-refractivity contribution in [2.75, 3.05) is 18.8 Å². The van der Waals surface area contributed by atoms with Gasteiger partial charge in [0.25, 0.3) is 0 Å². The molecule has 1 unspecified atom stereocenters. The van der Waals surface area contributed by atoms with E-state index in [1.54, 1.807) is 18.2 Å². The molecular formula is C8H10ClNO2S. The molecule has 0 aromatic heterocycles. The number of nitrogens with two attached hydrogens (primary N) is 1. The minimum Gasteiger partial charge on any atom is -0.398 e. The van der Waals surface area contributed by atoms with Crippen LogP contribution in [0.1, 0.15) is 0 Å². The molecule has 0 fully saturated rings. The zero-order valence-corrected chi connectivity index (χ0v) is 8.69. The molecule has 0 spiro atoms. The highest BCUT2D eigenvalue weighted by Crippen LogP contribution is 2.21. The SMILES string of the molecule is COCS(=O)c1ccc(Cl)cc1N. The fourth-order valence-corrected chi connectivity index (χ4v) is 1.96. The van der Waals surface area contributed by atoms with Gasteiger partial charge in [-0.2, -0.15) is 0 Å². The van der Waals surface area contributed by atoms with Gasteiger partial charge in [0.05, 0.1) is 15.7 Å². The van der Waals surface area contributed by atoms with Crippen LogP contribution in [0.2, 0.25) is 5.02 Å². The molecule has 0 saturated heterocycles. The predicted molar refractivity (Wildman–Crippen MR) is 54.1 cm³/mol. The Morgan fingerprint density at radius 1 is 1.62 bits per heavy atom. The van der Waals surface area contributed by atoms with Gasteiger partial charge in [0, 0.05) is 17.8 Å². The van der Waals surface area contributed by atoms with Crippen LogP contribution in [-0.4, -0.2) is 17.3 Å². The van der Waals surface area contributed by atoms with Crippen LogP contribution < -0.4 is 5.73 Å². The number of halogens is 1. The van der Waals surface area contributed by atoms with Crippen molar-refractivity contribution in [3.63, 3.8) is 0 Å². The summed E-state index contributed by atoms with van der Waals surface area (Å²) in [7, 11) is 0.281. The molecule has 0 saturated carbocycles. The Hall–Kier alpha value is -0.580. The van der Waals surface area contributed by atoms with Gasteiger partial charge in [0.2, 0.25) is 0 Å². The largest absolute Gasteiger partial charge is 0.398 e. The van der Waals surface area contributed by atoms with Crippen LogP contribution in [0.4, 0.5) is 5.69 Å². The van der Waals surface area contributed by atoms with Crippen molar-refractivity contribution in [1.82, 2.24) is 0 Å². The number of nitrogen functional groups attached to an aromatic ring is 1. The Balaban J connectivity index is 2.95. The average molecular weight is 220 g/mol. The van der Waals surface area contributed by atoms with E-state index < -0.39 is 10.8 Å². The highest BCUT2D eigenvalue weighted by Gasteiger charge is 2.07. The highest BCUT2D eigenvalue weighted by molar-refractivity contribution is 7.85. The number of anilines is 1. The average Bonchev–Trinajstić information content (AvgIpc) is 2.04. The minimum absolute atomic E-state index is 0.145. The molecule has 0 amide bonds. The molecule has 13 heavy (non-hydrogen) atoms. The summed E-state index contributed by atoms with van der Waals surface area (Å²) in [6, 6.07) is 4.87. The Bertz CT molecular complexity index is 330.